The molecular weight excluding hydrogens is 445 g/mol. The second-order valence-corrected chi connectivity index (χ2v) is 7.42. The summed E-state index contributed by atoms with van der Waals surface area (Å²) < 4.78 is 73.5. The number of aromatic nitrogens is 2. The summed E-state index contributed by atoms with van der Waals surface area (Å²) in [5, 5.41) is 8.28. The van der Waals surface area contributed by atoms with Crippen LogP contribution >= 0.6 is 11.6 Å². The fourth-order valence-corrected chi connectivity index (χ4v) is 3.16. The van der Waals surface area contributed by atoms with Crippen LogP contribution in [-0.2, 0) is 17.8 Å². The maximum absolute atomic E-state index is 13.9. The lowest BCUT2D eigenvalue weighted by Crippen LogP contribution is -2.34. The Bertz CT molecular complexity index is 1120. The highest BCUT2D eigenvalue weighted by Crippen LogP contribution is 2.31. The molecule has 0 atom stereocenters. The average Bonchev–Trinajstić information content (AvgIpc) is 3.50. The van der Waals surface area contributed by atoms with E-state index in [9.17, 15) is 26.7 Å². The molecule has 0 radical (unpaired) electrons. The molecule has 162 valence electrons. The molecule has 1 aliphatic rings. The van der Waals surface area contributed by atoms with E-state index in [0.29, 0.717) is 23.4 Å². The second kappa shape index (κ2) is 8.26. The number of carbonyl (C=O) groups is 1. The first kappa shape index (κ1) is 21.2. The molecule has 1 fully saturated rings. The number of benzene rings is 2. The Labute approximate surface area is 177 Å². The summed E-state index contributed by atoms with van der Waals surface area (Å²) in [6.07, 6.45) is 0.252. The van der Waals surface area contributed by atoms with Crippen molar-refractivity contribution in [3.8, 4) is 11.5 Å². The molecule has 0 spiro atoms. The van der Waals surface area contributed by atoms with Gasteiger partial charge in [0.1, 0.15) is 0 Å². The number of nitrogens with zero attached hydrogens (tertiary/aromatic N) is 3. The molecule has 0 unspecified atom stereocenters. The summed E-state index contributed by atoms with van der Waals surface area (Å²) in [5.41, 5.74) is -0.590. The maximum Gasteiger partial charge on any atom is 0.247 e. The summed E-state index contributed by atoms with van der Waals surface area (Å²) in [5.74, 6) is -11.1. The number of hydrogen-bond acceptors (Lipinski definition) is 4. The van der Waals surface area contributed by atoms with Crippen molar-refractivity contribution < 1.29 is 31.2 Å². The Morgan fingerprint density at radius 2 is 1.55 bits per heavy atom. The molecule has 1 amide bonds. The Balaban J connectivity index is 1.54. The van der Waals surface area contributed by atoms with Gasteiger partial charge in [0.25, 0.3) is 0 Å². The zero-order chi connectivity index (χ0) is 22.3. The van der Waals surface area contributed by atoms with Gasteiger partial charge in [0.05, 0.1) is 13.0 Å². The number of carbonyl (C=O) groups excluding carboxylic acids is 1. The van der Waals surface area contributed by atoms with Gasteiger partial charge in [-0.3, -0.25) is 4.79 Å². The van der Waals surface area contributed by atoms with E-state index in [2.05, 4.69) is 10.2 Å². The topological polar surface area (TPSA) is 59.2 Å². The minimum atomic E-state index is -2.27. The van der Waals surface area contributed by atoms with Crippen LogP contribution in [0.15, 0.2) is 28.7 Å². The van der Waals surface area contributed by atoms with Crippen LogP contribution in [0, 0.1) is 29.1 Å². The van der Waals surface area contributed by atoms with Crippen LogP contribution in [0.5, 0.6) is 0 Å². The summed E-state index contributed by atoms with van der Waals surface area (Å²) in [6.45, 7) is -0.167. The molecule has 31 heavy (non-hydrogen) atoms. The largest absolute Gasteiger partial charge is 0.419 e. The molecule has 1 aliphatic carbocycles. The highest BCUT2D eigenvalue weighted by molar-refractivity contribution is 6.30. The fourth-order valence-electron chi connectivity index (χ4n) is 3.04. The molecule has 1 heterocycles. The van der Waals surface area contributed by atoms with Crippen molar-refractivity contribution in [3.05, 3.63) is 69.8 Å². The van der Waals surface area contributed by atoms with Gasteiger partial charge in [0, 0.05) is 22.2 Å². The number of amides is 1. The van der Waals surface area contributed by atoms with E-state index >= 15 is 0 Å². The van der Waals surface area contributed by atoms with Crippen molar-refractivity contribution in [1.29, 1.82) is 0 Å². The van der Waals surface area contributed by atoms with Gasteiger partial charge in [-0.15, -0.1) is 10.2 Å². The van der Waals surface area contributed by atoms with Crippen LogP contribution in [0.3, 0.4) is 0 Å². The average molecular weight is 458 g/mol. The summed E-state index contributed by atoms with van der Waals surface area (Å²) in [7, 11) is 0. The van der Waals surface area contributed by atoms with Crippen molar-refractivity contribution >= 4 is 17.5 Å². The standard InChI is InChI=1S/C20H13ClF5N3O2/c21-10-3-1-9(2-4-10)20-28-27-13(31-20)8-29(11-5-6-11)14(30)7-12-15(22)17(24)19(26)18(25)16(12)23/h1-4,11H,5-8H2. The van der Waals surface area contributed by atoms with Gasteiger partial charge in [-0.1, -0.05) is 11.6 Å². The third kappa shape index (κ3) is 4.25. The molecule has 0 saturated heterocycles. The molecule has 4 rings (SSSR count). The number of halogens is 6. The smallest absolute Gasteiger partial charge is 0.247 e. The van der Waals surface area contributed by atoms with Crippen molar-refractivity contribution in [2.75, 3.05) is 0 Å². The van der Waals surface area contributed by atoms with E-state index < -0.39 is 47.0 Å². The van der Waals surface area contributed by atoms with Crippen LogP contribution in [0.4, 0.5) is 22.0 Å². The van der Waals surface area contributed by atoms with E-state index in [-0.39, 0.29) is 24.4 Å². The highest BCUT2D eigenvalue weighted by Gasteiger charge is 2.35. The molecule has 11 heteroatoms. The molecule has 1 saturated carbocycles. The van der Waals surface area contributed by atoms with E-state index in [1.165, 1.54) is 4.90 Å². The fraction of sp³-hybridized carbons (Fsp3) is 0.250. The van der Waals surface area contributed by atoms with E-state index in [4.69, 9.17) is 16.0 Å². The zero-order valence-corrected chi connectivity index (χ0v) is 16.4. The molecule has 0 N–H and O–H groups in total. The van der Waals surface area contributed by atoms with Crippen molar-refractivity contribution in [2.24, 2.45) is 0 Å². The van der Waals surface area contributed by atoms with E-state index in [1.54, 1.807) is 24.3 Å². The predicted octanol–water partition coefficient (Wildman–Crippen LogP) is 4.82. The maximum atomic E-state index is 13.9. The first-order chi connectivity index (χ1) is 14.8. The number of hydrogen-bond donors (Lipinski definition) is 0. The first-order valence-corrected chi connectivity index (χ1v) is 9.52. The zero-order valence-electron chi connectivity index (χ0n) is 15.6. The molecule has 0 aliphatic heterocycles. The third-order valence-corrected chi connectivity index (χ3v) is 5.05. The third-order valence-electron chi connectivity index (χ3n) is 4.80. The Hall–Kier alpha value is -3.01. The molecule has 2 aromatic carbocycles. The summed E-state index contributed by atoms with van der Waals surface area (Å²) >= 11 is 5.83. The van der Waals surface area contributed by atoms with Gasteiger partial charge < -0.3 is 9.32 Å². The summed E-state index contributed by atoms with van der Waals surface area (Å²) in [6, 6.07) is 6.33. The van der Waals surface area contributed by atoms with Crippen molar-refractivity contribution in [3.63, 3.8) is 0 Å². The molecule has 3 aromatic rings. The first-order valence-electron chi connectivity index (χ1n) is 9.14. The molecule has 0 bridgehead atoms. The Kier molecular flexibility index (Phi) is 5.65. The van der Waals surface area contributed by atoms with E-state index in [1.807, 2.05) is 0 Å². The summed E-state index contributed by atoms with van der Waals surface area (Å²) in [4.78, 5) is 13.9. The van der Waals surface area contributed by atoms with Crippen molar-refractivity contribution in [2.45, 2.75) is 31.8 Å². The van der Waals surface area contributed by atoms with Crippen LogP contribution < -0.4 is 0 Å². The van der Waals surface area contributed by atoms with Crippen LogP contribution in [0.2, 0.25) is 5.02 Å². The normalized spacial score (nSPS) is 13.5. The molecular formula is C20H13ClF5N3O2. The predicted molar refractivity (Wildman–Crippen MR) is 98.3 cm³/mol. The SMILES string of the molecule is O=C(Cc1c(F)c(F)c(F)c(F)c1F)N(Cc1nnc(-c2ccc(Cl)cc2)o1)C1CC1. The van der Waals surface area contributed by atoms with Crippen molar-refractivity contribution in [1.82, 2.24) is 15.1 Å². The van der Waals surface area contributed by atoms with Gasteiger partial charge in [0.2, 0.25) is 23.5 Å². The quantitative estimate of drug-likeness (QED) is 0.302. The van der Waals surface area contributed by atoms with Gasteiger partial charge in [-0.05, 0) is 37.1 Å². The van der Waals surface area contributed by atoms with Gasteiger partial charge in [0.15, 0.2) is 23.3 Å². The highest BCUT2D eigenvalue weighted by atomic mass is 35.5. The van der Waals surface area contributed by atoms with Gasteiger partial charge in [-0.2, -0.15) is 0 Å². The lowest BCUT2D eigenvalue weighted by Gasteiger charge is -2.21. The van der Waals surface area contributed by atoms with Crippen LogP contribution in [-0.4, -0.2) is 27.0 Å². The lowest BCUT2D eigenvalue weighted by molar-refractivity contribution is -0.132. The molecule has 1 aromatic heterocycles. The monoisotopic (exact) mass is 457 g/mol. The van der Waals surface area contributed by atoms with Gasteiger partial charge in [-0.25, -0.2) is 22.0 Å². The van der Waals surface area contributed by atoms with Gasteiger partial charge >= 0.3 is 0 Å². The Morgan fingerprint density at radius 3 is 2.13 bits per heavy atom. The minimum absolute atomic E-state index is 0.0580. The Morgan fingerprint density at radius 1 is 0.968 bits per heavy atom. The van der Waals surface area contributed by atoms with Crippen LogP contribution in [0.1, 0.15) is 24.3 Å². The van der Waals surface area contributed by atoms with E-state index in [0.717, 1.165) is 0 Å². The van der Waals surface area contributed by atoms with Crippen LogP contribution in [0.25, 0.3) is 11.5 Å². The second-order valence-electron chi connectivity index (χ2n) is 6.99. The lowest BCUT2D eigenvalue weighted by atomic mass is 10.1. The molecule has 5 nitrogen and oxygen atoms in total. The number of rotatable bonds is 6. The minimum Gasteiger partial charge on any atom is -0.419 e.